The van der Waals surface area contributed by atoms with Crippen LogP contribution < -0.4 is 5.32 Å². The van der Waals surface area contributed by atoms with Gasteiger partial charge in [-0.05, 0) is 30.1 Å². The molecule has 0 spiro atoms. The molecular formula is C15H30N2. The van der Waals surface area contributed by atoms with Crippen LogP contribution in [0.1, 0.15) is 47.5 Å². The van der Waals surface area contributed by atoms with Crippen LogP contribution in [0.4, 0.5) is 0 Å². The summed E-state index contributed by atoms with van der Waals surface area (Å²) in [4.78, 5) is 2.77. The van der Waals surface area contributed by atoms with Crippen LogP contribution in [0, 0.1) is 17.3 Å². The van der Waals surface area contributed by atoms with E-state index in [1.165, 1.54) is 32.5 Å². The summed E-state index contributed by atoms with van der Waals surface area (Å²) < 4.78 is 0. The van der Waals surface area contributed by atoms with E-state index in [2.05, 4.69) is 44.8 Å². The van der Waals surface area contributed by atoms with Crippen LogP contribution in [0.15, 0.2) is 0 Å². The zero-order valence-corrected chi connectivity index (χ0v) is 12.3. The molecule has 0 bridgehead atoms. The topological polar surface area (TPSA) is 15.3 Å². The first-order valence-corrected chi connectivity index (χ1v) is 7.41. The first kappa shape index (κ1) is 13.4. The molecule has 1 saturated carbocycles. The minimum absolute atomic E-state index is 0.619. The Labute approximate surface area is 107 Å². The first-order valence-electron chi connectivity index (χ1n) is 7.41. The molecule has 17 heavy (non-hydrogen) atoms. The quantitative estimate of drug-likeness (QED) is 0.810. The third-order valence-electron chi connectivity index (χ3n) is 4.97. The molecule has 3 unspecified atom stereocenters. The Morgan fingerprint density at radius 2 is 2.00 bits per heavy atom. The number of piperazine rings is 1. The highest BCUT2D eigenvalue weighted by Gasteiger charge is 2.47. The van der Waals surface area contributed by atoms with Crippen molar-refractivity contribution in [1.82, 2.24) is 10.2 Å². The summed E-state index contributed by atoms with van der Waals surface area (Å²) in [5, 5.41) is 3.70. The van der Waals surface area contributed by atoms with Crippen molar-refractivity contribution in [2.45, 2.75) is 59.5 Å². The number of nitrogens with zero attached hydrogens (tertiary/aromatic N) is 1. The molecular weight excluding hydrogens is 208 g/mol. The van der Waals surface area contributed by atoms with Crippen LogP contribution in [-0.2, 0) is 0 Å². The zero-order chi connectivity index (χ0) is 12.6. The van der Waals surface area contributed by atoms with Gasteiger partial charge in [0.2, 0.25) is 0 Å². The molecule has 0 amide bonds. The van der Waals surface area contributed by atoms with E-state index in [0.29, 0.717) is 11.5 Å². The molecule has 1 saturated heterocycles. The lowest BCUT2D eigenvalue weighted by Crippen LogP contribution is -2.58. The molecule has 1 N–H and O–H groups in total. The minimum atomic E-state index is 0.619. The molecule has 2 aliphatic rings. The molecule has 2 heteroatoms. The van der Waals surface area contributed by atoms with E-state index in [1.807, 2.05) is 0 Å². The summed E-state index contributed by atoms with van der Waals surface area (Å²) in [6.07, 6.45) is 2.69. The summed E-state index contributed by atoms with van der Waals surface area (Å²) in [6.45, 7) is 15.6. The van der Waals surface area contributed by atoms with Gasteiger partial charge in [0.25, 0.3) is 0 Å². The Balaban J connectivity index is 1.94. The number of rotatable bonds is 4. The second-order valence-corrected chi connectivity index (χ2v) is 7.17. The van der Waals surface area contributed by atoms with Gasteiger partial charge in [0.15, 0.2) is 0 Å². The molecule has 3 atom stereocenters. The third-order valence-corrected chi connectivity index (χ3v) is 4.97. The van der Waals surface area contributed by atoms with Crippen molar-refractivity contribution in [3.63, 3.8) is 0 Å². The van der Waals surface area contributed by atoms with Gasteiger partial charge in [0.1, 0.15) is 0 Å². The van der Waals surface area contributed by atoms with Crippen LogP contribution in [0.2, 0.25) is 0 Å². The highest BCUT2D eigenvalue weighted by molar-refractivity contribution is 4.99. The number of hydrogen-bond donors (Lipinski definition) is 1. The van der Waals surface area contributed by atoms with E-state index in [0.717, 1.165) is 17.9 Å². The SMILES string of the molecule is CCC1CN(CC2CC2(C)C)C(C(C)C)CN1. The van der Waals surface area contributed by atoms with Gasteiger partial charge in [0, 0.05) is 31.7 Å². The van der Waals surface area contributed by atoms with Crippen molar-refractivity contribution in [3.05, 3.63) is 0 Å². The first-order chi connectivity index (χ1) is 7.94. The van der Waals surface area contributed by atoms with Gasteiger partial charge < -0.3 is 5.32 Å². The summed E-state index contributed by atoms with van der Waals surface area (Å²) in [5.74, 6) is 1.71. The Bertz CT molecular complexity index is 260. The fraction of sp³-hybridized carbons (Fsp3) is 1.00. The van der Waals surface area contributed by atoms with Crippen molar-refractivity contribution in [3.8, 4) is 0 Å². The maximum absolute atomic E-state index is 3.70. The number of hydrogen-bond acceptors (Lipinski definition) is 2. The van der Waals surface area contributed by atoms with E-state index >= 15 is 0 Å². The van der Waals surface area contributed by atoms with Crippen LogP contribution in [-0.4, -0.2) is 36.6 Å². The molecule has 2 fully saturated rings. The largest absolute Gasteiger partial charge is 0.311 e. The molecule has 2 nitrogen and oxygen atoms in total. The van der Waals surface area contributed by atoms with Crippen molar-refractivity contribution < 1.29 is 0 Å². The smallest absolute Gasteiger partial charge is 0.0244 e. The average molecular weight is 238 g/mol. The lowest BCUT2D eigenvalue weighted by atomic mass is 9.96. The van der Waals surface area contributed by atoms with Gasteiger partial charge in [-0.15, -0.1) is 0 Å². The van der Waals surface area contributed by atoms with Gasteiger partial charge in [-0.3, -0.25) is 4.90 Å². The Morgan fingerprint density at radius 1 is 1.35 bits per heavy atom. The van der Waals surface area contributed by atoms with E-state index in [-0.39, 0.29) is 0 Å². The summed E-state index contributed by atoms with van der Waals surface area (Å²) >= 11 is 0. The van der Waals surface area contributed by atoms with Gasteiger partial charge >= 0.3 is 0 Å². The van der Waals surface area contributed by atoms with Crippen molar-refractivity contribution in [2.75, 3.05) is 19.6 Å². The summed E-state index contributed by atoms with van der Waals surface area (Å²) in [5.41, 5.74) is 0.619. The van der Waals surface area contributed by atoms with Crippen LogP contribution in [0.3, 0.4) is 0 Å². The van der Waals surface area contributed by atoms with Gasteiger partial charge in [-0.25, -0.2) is 0 Å². The average Bonchev–Trinajstić information content (AvgIpc) is 2.85. The molecule has 1 heterocycles. The molecule has 0 radical (unpaired) electrons. The Kier molecular flexibility index (Phi) is 3.84. The molecule has 1 aliphatic heterocycles. The van der Waals surface area contributed by atoms with Gasteiger partial charge in [-0.2, -0.15) is 0 Å². The van der Waals surface area contributed by atoms with Crippen molar-refractivity contribution in [2.24, 2.45) is 17.3 Å². The fourth-order valence-corrected chi connectivity index (χ4v) is 3.21. The number of nitrogens with one attached hydrogen (secondary N) is 1. The van der Waals surface area contributed by atoms with Crippen molar-refractivity contribution >= 4 is 0 Å². The molecule has 2 rings (SSSR count). The van der Waals surface area contributed by atoms with Crippen LogP contribution in [0.5, 0.6) is 0 Å². The summed E-state index contributed by atoms with van der Waals surface area (Å²) in [7, 11) is 0. The lowest BCUT2D eigenvalue weighted by molar-refractivity contribution is 0.0887. The molecule has 0 aromatic heterocycles. The zero-order valence-electron chi connectivity index (χ0n) is 12.3. The molecule has 1 aliphatic carbocycles. The van der Waals surface area contributed by atoms with Crippen LogP contribution in [0.25, 0.3) is 0 Å². The maximum Gasteiger partial charge on any atom is 0.0244 e. The predicted octanol–water partition coefficient (Wildman–Crippen LogP) is 2.74. The maximum atomic E-state index is 3.70. The van der Waals surface area contributed by atoms with E-state index in [1.54, 1.807) is 0 Å². The highest BCUT2D eigenvalue weighted by Crippen LogP contribution is 2.52. The third kappa shape index (κ3) is 3.03. The predicted molar refractivity (Wildman–Crippen MR) is 74.2 cm³/mol. The molecule has 0 aromatic carbocycles. The lowest BCUT2D eigenvalue weighted by Gasteiger charge is -2.42. The van der Waals surface area contributed by atoms with E-state index in [4.69, 9.17) is 0 Å². The molecule has 100 valence electrons. The normalized spacial score (nSPS) is 37.4. The van der Waals surface area contributed by atoms with Crippen LogP contribution >= 0.6 is 0 Å². The standard InChI is InChI=1S/C15H30N2/c1-6-13-10-17(9-12-7-15(12,4)5)14(8-16-13)11(2)3/h11-14,16H,6-10H2,1-5H3. The second kappa shape index (κ2) is 4.89. The monoisotopic (exact) mass is 238 g/mol. The highest BCUT2D eigenvalue weighted by atomic mass is 15.2. The van der Waals surface area contributed by atoms with Gasteiger partial charge in [0.05, 0.1) is 0 Å². The fourth-order valence-electron chi connectivity index (χ4n) is 3.21. The van der Waals surface area contributed by atoms with Crippen molar-refractivity contribution in [1.29, 1.82) is 0 Å². The Hall–Kier alpha value is -0.0800. The minimum Gasteiger partial charge on any atom is -0.311 e. The Morgan fingerprint density at radius 3 is 2.47 bits per heavy atom. The van der Waals surface area contributed by atoms with E-state index < -0.39 is 0 Å². The van der Waals surface area contributed by atoms with Gasteiger partial charge in [-0.1, -0.05) is 34.6 Å². The summed E-state index contributed by atoms with van der Waals surface area (Å²) in [6, 6.07) is 1.46. The second-order valence-electron chi connectivity index (χ2n) is 7.17. The molecule has 0 aromatic rings. The van der Waals surface area contributed by atoms with E-state index in [9.17, 15) is 0 Å².